The van der Waals surface area contributed by atoms with Crippen LogP contribution in [-0.2, 0) is 0 Å². The van der Waals surface area contributed by atoms with Crippen LogP contribution in [0.2, 0.25) is 0 Å². The molecule has 3 atom stereocenters. The number of rotatable bonds is 5. The summed E-state index contributed by atoms with van der Waals surface area (Å²) in [7, 11) is 0. The van der Waals surface area contributed by atoms with E-state index in [0.717, 1.165) is 52.8 Å². The van der Waals surface area contributed by atoms with E-state index in [4.69, 9.17) is 0 Å². The Morgan fingerprint density at radius 1 is 1.24 bits per heavy atom. The lowest BCUT2D eigenvalue weighted by Crippen LogP contribution is -2.20. The summed E-state index contributed by atoms with van der Waals surface area (Å²) in [6.45, 7) is 3.99. The summed E-state index contributed by atoms with van der Waals surface area (Å²) in [6.07, 6.45) is 5.79. The highest BCUT2D eigenvalue weighted by Gasteiger charge is 2.39. The minimum absolute atomic E-state index is 0.739. The van der Waals surface area contributed by atoms with Gasteiger partial charge in [-0.3, -0.25) is 0 Å². The van der Waals surface area contributed by atoms with E-state index in [9.17, 15) is 0 Å². The molecule has 2 heterocycles. The Balaban J connectivity index is 1.53. The Bertz CT molecular complexity index is 638. The molecule has 2 N–H and O–H groups in total. The first-order chi connectivity index (χ1) is 10.3. The third-order valence-electron chi connectivity index (χ3n) is 5.08. The number of aromatic nitrogens is 2. The van der Waals surface area contributed by atoms with Crippen molar-refractivity contribution in [2.45, 2.75) is 32.6 Å². The van der Waals surface area contributed by atoms with Crippen LogP contribution in [0, 0.1) is 17.8 Å². The molecule has 2 bridgehead atoms. The standard InChI is InChI=1S/C16H22N4S/c1-2-17-16-19-14(13-5-6-21-15(13)20-16)18-9-12-8-10-3-4-11(12)7-10/h5-6,10-12H,2-4,7-9H2,1H3,(H2,17,18,19,20). The van der Waals surface area contributed by atoms with Crippen LogP contribution in [0.15, 0.2) is 11.4 Å². The van der Waals surface area contributed by atoms with Gasteiger partial charge < -0.3 is 10.6 Å². The van der Waals surface area contributed by atoms with E-state index in [0.29, 0.717) is 0 Å². The number of hydrogen-bond donors (Lipinski definition) is 2. The molecule has 0 aromatic carbocycles. The summed E-state index contributed by atoms with van der Waals surface area (Å²) < 4.78 is 0. The van der Waals surface area contributed by atoms with Crippen LogP contribution in [0.5, 0.6) is 0 Å². The number of anilines is 2. The number of thiophene rings is 1. The number of fused-ring (bicyclic) bond motifs is 3. The van der Waals surface area contributed by atoms with Crippen LogP contribution in [0.1, 0.15) is 32.6 Å². The lowest BCUT2D eigenvalue weighted by atomic mass is 9.89. The smallest absolute Gasteiger partial charge is 0.226 e. The lowest BCUT2D eigenvalue weighted by molar-refractivity contribution is 0.348. The highest BCUT2D eigenvalue weighted by molar-refractivity contribution is 7.16. The fraction of sp³-hybridized carbons (Fsp3) is 0.625. The molecule has 2 aliphatic rings. The normalized spacial score (nSPS) is 27.4. The van der Waals surface area contributed by atoms with E-state index < -0.39 is 0 Å². The predicted octanol–water partition coefficient (Wildman–Crippen LogP) is 3.97. The molecule has 2 aromatic rings. The van der Waals surface area contributed by atoms with Crippen LogP contribution in [0.25, 0.3) is 10.2 Å². The fourth-order valence-corrected chi connectivity index (χ4v) is 4.85. The number of hydrogen-bond acceptors (Lipinski definition) is 5. The third-order valence-corrected chi connectivity index (χ3v) is 5.88. The molecular formula is C16H22N4S. The van der Waals surface area contributed by atoms with Gasteiger partial charge in [-0.1, -0.05) is 6.42 Å². The average Bonchev–Trinajstić information content (AvgIpc) is 3.20. The topological polar surface area (TPSA) is 49.8 Å². The zero-order valence-electron chi connectivity index (χ0n) is 12.4. The third kappa shape index (κ3) is 2.48. The maximum Gasteiger partial charge on any atom is 0.226 e. The predicted molar refractivity (Wildman–Crippen MR) is 89.0 cm³/mol. The van der Waals surface area contributed by atoms with Crippen molar-refractivity contribution in [2.75, 3.05) is 23.7 Å². The van der Waals surface area contributed by atoms with Gasteiger partial charge in [0.15, 0.2) is 0 Å². The first-order valence-electron chi connectivity index (χ1n) is 8.06. The fourth-order valence-electron chi connectivity index (χ4n) is 4.08. The molecule has 2 saturated carbocycles. The minimum atomic E-state index is 0.739. The van der Waals surface area contributed by atoms with Gasteiger partial charge in [-0.15, -0.1) is 11.3 Å². The lowest BCUT2D eigenvalue weighted by Gasteiger charge is -2.22. The van der Waals surface area contributed by atoms with Crippen molar-refractivity contribution in [3.63, 3.8) is 0 Å². The van der Waals surface area contributed by atoms with E-state index in [2.05, 4.69) is 39.0 Å². The molecule has 3 unspecified atom stereocenters. The SMILES string of the molecule is CCNc1nc(NCC2CC3CCC2C3)c2ccsc2n1. The molecule has 0 spiro atoms. The number of nitrogens with zero attached hydrogens (tertiary/aromatic N) is 2. The molecule has 0 amide bonds. The minimum Gasteiger partial charge on any atom is -0.369 e. The van der Waals surface area contributed by atoms with Gasteiger partial charge >= 0.3 is 0 Å². The summed E-state index contributed by atoms with van der Waals surface area (Å²) in [5, 5.41) is 10.1. The molecule has 2 aromatic heterocycles. The van der Waals surface area contributed by atoms with Crippen molar-refractivity contribution in [3.8, 4) is 0 Å². The highest BCUT2D eigenvalue weighted by Crippen LogP contribution is 2.48. The molecule has 0 saturated heterocycles. The van der Waals surface area contributed by atoms with Gasteiger partial charge in [0.1, 0.15) is 10.6 Å². The van der Waals surface area contributed by atoms with Gasteiger partial charge in [0.2, 0.25) is 5.95 Å². The zero-order valence-corrected chi connectivity index (χ0v) is 13.2. The Morgan fingerprint density at radius 3 is 2.95 bits per heavy atom. The largest absolute Gasteiger partial charge is 0.369 e. The van der Waals surface area contributed by atoms with Crippen LogP contribution >= 0.6 is 11.3 Å². The average molecular weight is 302 g/mol. The van der Waals surface area contributed by atoms with E-state index in [-0.39, 0.29) is 0 Å². The highest BCUT2D eigenvalue weighted by atomic mass is 32.1. The van der Waals surface area contributed by atoms with Gasteiger partial charge in [0.05, 0.1) is 5.39 Å². The van der Waals surface area contributed by atoms with E-state index in [1.54, 1.807) is 11.3 Å². The van der Waals surface area contributed by atoms with Gasteiger partial charge in [0, 0.05) is 13.1 Å². The Labute approximate surface area is 129 Å². The van der Waals surface area contributed by atoms with Crippen LogP contribution in [0.4, 0.5) is 11.8 Å². The van der Waals surface area contributed by atoms with E-state index >= 15 is 0 Å². The van der Waals surface area contributed by atoms with Crippen LogP contribution in [-0.4, -0.2) is 23.1 Å². The van der Waals surface area contributed by atoms with E-state index in [1.165, 1.54) is 25.7 Å². The summed E-state index contributed by atoms with van der Waals surface area (Å²) in [6, 6.07) is 2.12. The van der Waals surface area contributed by atoms with Gasteiger partial charge in [-0.05, 0) is 55.4 Å². The second kappa shape index (κ2) is 5.44. The first-order valence-corrected chi connectivity index (χ1v) is 8.94. The monoisotopic (exact) mass is 302 g/mol. The molecule has 5 heteroatoms. The molecule has 4 rings (SSSR count). The van der Waals surface area contributed by atoms with Gasteiger partial charge in [-0.25, -0.2) is 4.98 Å². The van der Waals surface area contributed by atoms with Crippen molar-refractivity contribution in [1.29, 1.82) is 0 Å². The summed E-state index contributed by atoms with van der Waals surface area (Å²) in [5.74, 6) is 4.54. The Morgan fingerprint density at radius 2 is 2.19 bits per heavy atom. The summed E-state index contributed by atoms with van der Waals surface area (Å²) >= 11 is 1.68. The van der Waals surface area contributed by atoms with Crippen LogP contribution in [0.3, 0.4) is 0 Å². The Kier molecular flexibility index (Phi) is 3.45. The van der Waals surface area contributed by atoms with Gasteiger partial charge in [0.25, 0.3) is 0 Å². The van der Waals surface area contributed by atoms with Gasteiger partial charge in [-0.2, -0.15) is 4.98 Å². The first kappa shape index (κ1) is 13.3. The van der Waals surface area contributed by atoms with Crippen molar-refractivity contribution >= 4 is 33.3 Å². The molecule has 0 radical (unpaired) electrons. The van der Waals surface area contributed by atoms with Crippen LogP contribution < -0.4 is 10.6 Å². The summed E-state index contributed by atoms with van der Waals surface area (Å²) in [4.78, 5) is 10.3. The molecule has 0 aliphatic heterocycles. The molecule has 21 heavy (non-hydrogen) atoms. The zero-order chi connectivity index (χ0) is 14.2. The maximum atomic E-state index is 4.66. The van der Waals surface area contributed by atoms with Crippen molar-refractivity contribution in [3.05, 3.63) is 11.4 Å². The number of nitrogens with one attached hydrogen (secondary N) is 2. The molecule has 2 fully saturated rings. The maximum absolute atomic E-state index is 4.66. The molecular weight excluding hydrogens is 280 g/mol. The van der Waals surface area contributed by atoms with Crippen molar-refractivity contribution in [1.82, 2.24) is 9.97 Å². The van der Waals surface area contributed by atoms with Crippen molar-refractivity contribution in [2.24, 2.45) is 17.8 Å². The molecule has 112 valence electrons. The second-order valence-corrected chi connectivity index (χ2v) is 7.28. The second-order valence-electron chi connectivity index (χ2n) is 6.38. The molecule has 2 aliphatic carbocycles. The van der Waals surface area contributed by atoms with Crippen molar-refractivity contribution < 1.29 is 0 Å². The van der Waals surface area contributed by atoms with E-state index in [1.807, 2.05) is 0 Å². The quantitative estimate of drug-likeness (QED) is 0.877. The molecule has 4 nitrogen and oxygen atoms in total. The summed E-state index contributed by atoms with van der Waals surface area (Å²) in [5.41, 5.74) is 0. The Hall–Kier alpha value is -1.36.